The number of hydrogen-bond acceptors (Lipinski definition) is 10. The second-order valence-corrected chi connectivity index (χ2v) is 9.63. The minimum absolute atomic E-state index is 0.0404. The van der Waals surface area contributed by atoms with Crippen LogP contribution in [-0.4, -0.2) is 50.9 Å². The summed E-state index contributed by atoms with van der Waals surface area (Å²) in [5, 5.41) is 18.0. The van der Waals surface area contributed by atoms with E-state index in [1.165, 1.54) is 40.7 Å². The lowest BCUT2D eigenvalue weighted by Gasteiger charge is -2.05. The highest BCUT2D eigenvalue weighted by atomic mass is 32.2. The lowest BCUT2D eigenvalue weighted by atomic mass is 10.3. The van der Waals surface area contributed by atoms with E-state index in [2.05, 4.69) is 25.9 Å². The number of ether oxygens (including phenoxy) is 3. The molecule has 5 rings (SSSR count). The molecule has 0 aliphatic carbocycles. The molecule has 2 amide bonds. The Balaban J connectivity index is 1.19. The van der Waals surface area contributed by atoms with Crippen molar-refractivity contribution >= 4 is 45.7 Å². The largest absolute Gasteiger partial charge is 0.490 e. The quantitative estimate of drug-likeness (QED) is 0.238. The topological polar surface area (TPSA) is 129 Å². The second-order valence-electron chi connectivity index (χ2n) is 7.43. The molecule has 0 radical (unpaired) electrons. The summed E-state index contributed by atoms with van der Waals surface area (Å²) in [5.74, 6) is 0.400. The molecule has 0 saturated heterocycles. The summed E-state index contributed by atoms with van der Waals surface area (Å²) in [5.41, 5.74) is 1.19. The lowest BCUT2D eigenvalue weighted by molar-refractivity contribution is -0.113. The first kappa shape index (κ1) is 24.5. The molecule has 11 nitrogen and oxygen atoms in total. The molecular formula is C23H19FN6O5S2. The van der Waals surface area contributed by atoms with Crippen LogP contribution in [0, 0.1) is 5.82 Å². The highest BCUT2D eigenvalue weighted by Gasteiger charge is 2.21. The van der Waals surface area contributed by atoms with Crippen molar-refractivity contribution < 1.29 is 28.2 Å². The van der Waals surface area contributed by atoms with Gasteiger partial charge in [0.15, 0.2) is 27.3 Å². The minimum Gasteiger partial charge on any atom is -0.490 e. The van der Waals surface area contributed by atoms with Crippen LogP contribution in [0.4, 0.5) is 15.2 Å². The maximum atomic E-state index is 13.3. The Labute approximate surface area is 217 Å². The molecule has 4 aromatic rings. The van der Waals surface area contributed by atoms with E-state index in [0.29, 0.717) is 33.8 Å². The summed E-state index contributed by atoms with van der Waals surface area (Å²) >= 11 is 2.30. The molecule has 14 heteroatoms. The Kier molecular flexibility index (Phi) is 7.18. The number of nitrogens with one attached hydrogen (secondary N) is 2. The number of benzene rings is 2. The predicted octanol–water partition coefficient (Wildman–Crippen LogP) is 3.97. The molecule has 0 bridgehead atoms. The molecule has 0 spiro atoms. The third-order valence-electron chi connectivity index (χ3n) is 4.90. The van der Waals surface area contributed by atoms with E-state index in [1.807, 2.05) is 0 Å². The number of rotatable bonds is 9. The molecule has 3 heterocycles. The number of thioether (sulfide) groups is 1. The van der Waals surface area contributed by atoms with E-state index in [-0.39, 0.29) is 40.8 Å². The maximum absolute atomic E-state index is 13.3. The number of carbonyl (C=O) groups excluding carboxylic acids is 2. The van der Waals surface area contributed by atoms with Crippen molar-refractivity contribution in [3.05, 3.63) is 60.2 Å². The number of halogens is 1. The van der Waals surface area contributed by atoms with Gasteiger partial charge in [0.05, 0.1) is 24.2 Å². The van der Waals surface area contributed by atoms with Gasteiger partial charge in [-0.2, -0.15) is 5.10 Å². The van der Waals surface area contributed by atoms with Crippen LogP contribution in [0.1, 0.15) is 17.4 Å². The first-order valence-corrected chi connectivity index (χ1v) is 12.7. The molecule has 0 fully saturated rings. The van der Waals surface area contributed by atoms with Gasteiger partial charge in [-0.15, -0.1) is 10.2 Å². The number of anilines is 2. The summed E-state index contributed by atoms with van der Waals surface area (Å²) in [7, 11) is 0. The summed E-state index contributed by atoms with van der Waals surface area (Å²) < 4.78 is 31.3. The summed E-state index contributed by atoms with van der Waals surface area (Å²) in [6, 6.07) is 10.8. The van der Waals surface area contributed by atoms with Gasteiger partial charge in [-0.25, -0.2) is 9.07 Å². The monoisotopic (exact) mass is 542 g/mol. The summed E-state index contributed by atoms with van der Waals surface area (Å²) in [6.07, 6.45) is 1.55. The molecule has 1 aliphatic rings. The van der Waals surface area contributed by atoms with Crippen molar-refractivity contribution in [2.75, 3.05) is 29.8 Å². The average molecular weight is 543 g/mol. The number of amides is 2. The van der Waals surface area contributed by atoms with E-state index < -0.39 is 5.91 Å². The van der Waals surface area contributed by atoms with Gasteiger partial charge in [-0.05, 0) is 43.3 Å². The van der Waals surface area contributed by atoms with E-state index in [4.69, 9.17) is 14.2 Å². The minimum atomic E-state index is -0.544. The number of nitrogens with zero attached hydrogens (tertiary/aromatic N) is 4. The fourth-order valence-electron chi connectivity index (χ4n) is 3.28. The zero-order valence-corrected chi connectivity index (χ0v) is 20.9. The van der Waals surface area contributed by atoms with Crippen molar-refractivity contribution in [2.45, 2.75) is 11.3 Å². The SMILES string of the molecule is CCOc1cn(-c2ccc(F)cc2)nc1C(=O)Nc1nnc(SCC(=O)Nc2ccc3c(c2)OCO3)s1. The van der Waals surface area contributed by atoms with Gasteiger partial charge in [0, 0.05) is 11.8 Å². The van der Waals surface area contributed by atoms with E-state index in [9.17, 15) is 14.0 Å². The fourth-order valence-corrected chi connectivity index (χ4v) is 4.82. The van der Waals surface area contributed by atoms with Gasteiger partial charge < -0.3 is 19.5 Å². The van der Waals surface area contributed by atoms with Crippen molar-refractivity contribution in [1.29, 1.82) is 0 Å². The van der Waals surface area contributed by atoms with E-state index in [0.717, 1.165) is 11.3 Å². The van der Waals surface area contributed by atoms with Crippen molar-refractivity contribution in [2.24, 2.45) is 0 Å². The van der Waals surface area contributed by atoms with Crippen LogP contribution in [0.25, 0.3) is 5.69 Å². The Bertz CT molecular complexity index is 1440. The Morgan fingerprint density at radius 2 is 1.95 bits per heavy atom. The molecule has 37 heavy (non-hydrogen) atoms. The highest BCUT2D eigenvalue weighted by Crippen LogP contribution is 2.34. The molecular weight excluding hydrogens is 523 g/mol. The molecule has 190 valence electrons. The first-order valence-electron chi connectivity index (χ1n) is 10.9. The summed E-state index contributed by atoms with van der Waals surface area (Å²) in [6.45, 7) is 2.26. The zero-order chi connectivity index (χ0) is 25.8. The molecule has 0 unspecified atom stereocenters. The zero-order valence-electron chi connectivity index (χ0n) is 19.3. The standard InChI is InChI=1S/C23H19FN6O5S2/c1-2-33-18-10-30(15-6-3-13(24)4-7-15)29-20(18)21(32)26-22-27-28-23(37-22)36-11-19(31)25-14-5-8-16-17(9-14)35-12-34-16/h3-10H,2,11-12H2,1H3,(H,25,31)(H,26,27,32). The smallest absolute Gasteiger partial charge is 0.281 e. The molecule has 1 aliphatic heterocycles. The normalized spacial score (nSPS) is 11.8. The predicted molar refractivity (Wildman–Crippen MR) is 134 cm³/mol. The van der Waals surface area contributed by atoms with Crippen molar-refractivity contribution in [3.8, 4) is 22.9 Å². The molecule has 0 saturated carbocycles. The van der Waals surface area contributed by atoms with Crippen LogP contribution in [0.2, 0.25) is 0 Å². The Hall–Kier alpha value is -4.17. The van der Waals surface area contributed by atoms with Crippen LogP contribution in [-0.2, 0) is 4.79 Å². The number of fused-ring (bicyclic) bond motifs is 1. The van der Waals surface area contributed by atoms with Gasteiger partial charge in [0.25, 0.3) is 5.91 Å². The number of aromatic nitrogens is 4. The molecule has 2 aromatic heterocycles. The average Bonchev–Trinajstić information content (AvgIpc) is 3.63. The van der Waals surface area contributed by atoms with Crippen molar-refractivity contribution in [1.82, 2.24) is 20.0 Å². The van der Waals surface area contributed by atoms with Gasteiger partial charge in [-0.1, -0.05) is 23.1 Å². The van der Waals surface area contributed by atoms with Crippen LogP contribution in [0.5, 0.6) is 17.2 Å². The van der Waals surface area contributed by atoms with Gasteiger partial charge >= 0.3 is 0 Å². The van der Waals surface area contributed by atoms with E-state index >= 15 is 0 Å². The Morgan fingerprint density at radius 3 is 2.76 bits per heavy atom. The van der Waals surface area contributed by atoms with Gasteiger partial charge in [-0.3, -0.25) is 14.9 Å². The lowest BCUT2D eigenvalue weighted by Crippen LogP contribution is -2.14. The van der Waals surface area contributed by atoms with Gasteiger partial charge in [0.2, 0.25) is 17.8 Å². The van der Waals surface area contributed by atoms with Crippen LogP contribution in [0.15, 0.2) is 53.0 Å². The third kappa shape index (κ3) is 5.81. The van der Waals surface area contributed by atoms with Gasteiger partial charge in [0.1, 0.15) is 5.82 Å². The fraction of sp³-hybridized carbons (Fsp3) is 0.174. The molecule has 0 atom stereocenters. The first-order chi connectivity index (χ1) is 18.0. The van der Waals surface area contributed by atoms with Crippen LogP contribution in [0.3, 0.4) is 0 Å². The van der Waals surface area contributed by atoms with E-state index in [1.54, 1.807) is 31.3 Å². The summed E-state index contributed by atoms with van der Waals surface area (Å²) in [4.78, 5) is 25.2. The van der Waals surface area contributed by atoms with Crippen LogP contribution >= 0.6 is 23.1 Å². The van der Waals surface area contributed by atoms with Crippen LogP contribution < -0.4 is 24.8 Å². The Morgan fingerprint density at radius 1 is 1.14 bits per heavy atom. The highest BCUT2D eigenvalue weighted by molar-refractivity contribution is 8.01. The second kappa shape index (κ2) is 10.8. The maximum Gasteiger partial charge on any atom is 0.281 e. The van der Waals surface area contributed by atoms with Crippen molar-refractivity contribution in [3.63, 3.8) is 0 Å². The molecule has 2 N–H and O–H groups in total. The third-order valence-corrected chi connectivity index (χ3v) is 6.87. The number of hydrogen-bond donors (Lipinski definition) is 2. The number of carbonyl (C=O) groups is 2. The molecule has 2 aromatic carbocycles.